The Morgan fingerprint density at radius 2 is 2.00 bits per heavy atom. The minimum Gasteiger partial charge on any atom is -0.726 e. The maximum absolute atomic E-state index is 10.6. The molecule has 1 heterocycles. The molecule has 1 aromatic carbocycles. The van der Waals surface area contributed by atoms with Crippen molar-refractivity contribution in [3.63, 3.8) is 0 Å². The zero-order valence-electron chi connectivity index (χ0n) is 12.1. The predicted octanol–water partition coefficient (Wildman–Crippen LogP) is -0.953. The molecule has 0 atom stereocenters. The van der Waals surface area contributed by atoms with E-state index in [0.29, 0.717) is 13.0 Å². The van der Waals surface area contributed by atoms with Crippen molar-refractivity contribution in [2.24, 2.45) is 0 Å². The second kappa shape index (κ2) is 7.72. The molecule has 126 valence electrons. The predicted molar refractivity (Wildman–Crippen MR) is 80.1 cm³/mol. The third-order valence-electron chi connectivity index (χ3n) is 2.86. The summed E-state index contributed by atoms with van der Waals surface area (Å²) in [5.74, 6) is -0.712. The van der Waals surface area contributed by atoms with Crippen LogP contribution in [0.2, 0.25) is 0 Å². The van der Waals surface area contributed by atoms with Gasteiger partial charge in [0.2, 0.25) is 10.4 Å². The summed E-state index contributed by atoms with van der Waals surface area (Å²) in [6, 6.07) is 5.15. The molecular weight excluding hydrogens is 328 g/mol. The fraction of sp³-hybridized carbons (Fsp3) is 0.231. The molecule has 0 fully saturated rings. The van der Waals surface area contributed by atoms with Crippen molar-refractivity contribution in [1.29, 1.82) is 0 Å². The molecule has 0 saturated carbocycles. The minimum atomic E-state index is -4.92. The van der Waals surface area contributed by atoms with E-state index in [2.05, 4.69) is 9.98 Å². The molecule has 0 amide bonds. The van der Waals surface area contributed by atoms with Crippen LogP contribution in [0.1, 0.15) is 12.5 Å². The molecule has 0 bridgehead atoms. The van der Waals surface area contributed by atoms with Crippen molar-refractivity contribution in [3.05, 3.63) is 30.0 Å². The number of hydrogen-bond donors (Lipinski definition) is 5. The number of aromatic amines is 1. The van der Waals surface area contributed by atoms with Crippen molar-refractivity contribution < 1.29 is 37.5 Å². The molecule has 2 aromatic rings. The molecule has 10 heteroatoms. The molecule has 0 radical (unpaired) electrons. The van der Waals surface area contributed by atoms with E-state index in [-0.39, 0.29) is 11.5 Å². The van der Waals surface area contributed by atoms with E-state index in [1.165, 1.54) is 6.92 Å². The van der Waals surface area contributed by atoms with Crippen LogP contribution in [0.4, 0.5) is 0 Å². The second-order valence-corrected chi connectivity index (χ2v) is 5.43. The number of fused-ring (bicyclic) bond motifs is 1. The Balaban J connectivity index is 0.000000463. The zero-order chi connectivity index (χ0) is 17.6. The monoisotopic (exact) mass is 344 g/mol. The van der Waals surface area contributed by atoms with Gasteiger partial charge in [-0.25, -0.2) is 18.2 Å². The van der Waals surface area contributed by atoms with Gasteiger partial charge in [0.05, 0.1) is 0 Å². The Kier molecular flexibility index (Phi) is 6.25. The lowest BCUT2D eigenvalue weighted by atomic mass is 10.1. The standard InChI is InChI=1S/C13H14N2O3.H2O4S/c1-8(13(17)18)14-5-4-9-7-15-12-3-2-10(16)6-11(9)12;1-5(2,3)4/h2-3,6-7,15-16H,4-5H2,1H3,(H,17,18);(H2,1,2,3,4). The molecule has 0 aliphatic rings. The van der Waals surface area contributed by atoms with E-state index >= 15 is 0 Å². The lowest BCUT2D eigenvalue weighted by Gasteiger charge is -1.96. The fourth-order valence-electron chi connectivity index (χ4n) is 1.83. The molecule has 0 unspecified atom stereocenters. The number of H-pyrrole nitrogens is 1. The third-order valence-corrected chi connectivity index (χ3v) is 2.86. The molecule has 0 saturated heterocycles. The number of nitrogens with one attached hydrogen (secondary N) is 2. The first-order valence-corrected chi connectivity index (χ1v) is 7.72. The average Bonchev–Trinajstić information content (AvgIpc) is 2.79. The quantitative estimate of drug-likeness (QED) is 0.271. The molecule has 1 aromatic heterocycles. The summed E-state index contributed by atoms with van der Waals surface area (Å²) < 4.78 is 32.8. The number of aliphatic carboxylic acids is 1. The first-order valence-electron chi connectivity index (χ1n) is 6.36. The van der Waals surface area contributed by atoms with Gasteiger partial charge in [0, 0.05) is 30.4 Å². The van der Waals surface area contributed by atoms with Crippen LogP contribution in [-0.4, -0.2) is 50.9 Å². The highest BCUT2D eigenvalue weighted by molar-refractivity contribution is 7.79. The van der Waals surface area contributed by atoms with Gasteiger partial charge >= 0.3 is 5.97 Å². The van der Waals surface area contributed by atoms with Gasteiger partial charge in [-0.2, -0.15) is 0 Å². The number of aromatic nitrogens is 1. The summed E-state index contributed by atoms with van der Waals surface area (Å²) in [7, 11) is -4.92. The summed E-state index contributed by atoms with van der Waals surface area (Å²) in [5.41, 5.74) is 2.24. The van der Waals surface area contributed by atoms with Gasteiger partial charge in [-0.15, -0.1) is 0 Å². The maximum atomic E-state index is 10.6. The molecule has 9 nitrogen and oxygen atoms in total. The topological polar surface area (TPSA) is 165 Å². The van der Waals surface area contributed by atoms with Crippen molar-refractivity contribution in [3.8, 4) is 5.75 Å². The summed E-state index contributed by atoms with van der Waals surface area (Å²) in [4.78, 5) is 16.6. The first-order chi connectivity index (χ1) is 10.6. The molecule has 0 aliphatic carbocycles. The summed E-state index contributed by atoms with van der Waals surface area (Å²) in [6.45, 7) is 2.07. The zero-order valence-corrected chi connectivity index (χ0v) is 12.9. The summed E-state index contributed by atoms with van der Waals surface area (Å²) >= 11 is 0. The van der Waals surface area contributed by atoms with E-state index in [1.54, 1.807) is 12.1 Å². The highest BCUT2D eigenvalue weighted by atomic mass is 32.3. The second-order valence-electron chi connectivity index (χ2n) is 4.58. The number of aromatic hydroxyl groups is 1. The van der Waals surface area contributed by atoms with Gasteiger partial charge in [-0.3, -0.25) is 4.55 Å². The van der Waals surface area contributed by atoms with Gasteiger partial charge in [0.15, 0.2) is 0 Å². The van der Waals surface area contributed by atoms with Crippen LogP contribution in [-0.2, 0) is 21.6 Å². The van der Waals surface area contributed by atoms with Gasteiger partial charge in [0.1, 0.15) is 12.3 Å². The van der Waals surface area contributed by atoms with Crippen LogP contribution < -0.4 is 4.99 Å². The van der Waals surface area contributed by atoms with E-state index in [9.17, 15) is 9.90 Å². The number of carbonyl (C=O) groups is 1. The van der Waals surface area contributed by atoms with Gasteiger partial charge in [0.25, 0.3) is 5.71 Å². The van der Waals surface area contributed by atoms with Crippen LogP contribution in [0.15, 0.2) is 24.4 Å². The van der Waals surface area contributed by atoms with Crippen LogP contribution in [0, 0.1) is 0 Å². The Hall–Kier alpha value is -2.43. The molecule has 23 heavy (non-hydrogen) atoms. The lowest BCUT2D eigenvalue weighted by molar-refractivity contribution is -0.456. The van der Waals surface area contributed by atoms with Crippen molar-refractivity contribution in [2.45, 2.75) is 13.3 Å². The first kappa shape index (κ1) is 18.6. The normalized spacial score (nSPS) is 11.9. The Morgan fingerprint density at radius 3 is 2.57 bits per heavy atom. The number of carboxylic acids is 1. The van der Waals surface area contributed by atoms with Crippen LogP contribution in [0.5, 0.6) is 5.75 Å². The lowest BCUT2D eigenvalue weighted by Crippen LogP contribution is -2.74. The molecular formula is C13H16N2O7S. The van der Waals surface area contributed by atoms with Crippen LogP contribution >= 0.6 is 0 Å². The Bertz CT molecular complexity index is 816. The number of phenols is 1. The Labute approximate surface area is 131 Å². The van der Waals surface area contributed by atoms with E-state index < -0.39 is 16.4 Å². The van der Waals surface area contributed by atoms with Crippen LogP contribution in [0.25, 0.3) is 10.9 Å². The molecule has 0 spiro atoms. The molecule has 0 aliphatic heterocycles. The maximum Gasteiger partial charge on any atom is 0.395 e. The summed E-state index contributed by atoms with van der Waals surface area (Å²) in [6.07, 6.45) is 2.57. The van der Waals surface area contributed by atoms with Crippen molar-refractivity contribution in [1.82, 2.24) is 4.98 Å². The number of phenolic OH excluding ortho intramolecular Hbond substituents is 1. The highest BCUT2D eigenvalue weighted by Crippen LogP contribution is 2.22. The van der Waals surface area contributed by atoms with E-state index in [1.807, 2.05) is 12.3 Å². The largest absolute Gasteiger partial charge is 0.726 e. The van der Waals surface area contributed by atoms with Crippen molar-refractivity contribution in [2.75, 3.05) is 6.54 Å². The van der Waals surface area contributed by atoms with Gasteiger partial charge in [-0.05, 0) is 23.8 Å². The molecule has 5 N–H and O–H groups in total. The Morgan fingerprint density at radius 1 is 1.39 bits per heavy atom. The fourth-order valence-corrected chi connectivity index (χ4v) is 1.83. The highest BCUT2D eigenvalue weighted by Gasteiger charge is 2.09. The number of benzene rings is 1. The minimum absolute atomic E-state index is 0.226. The van der Waals surface area contributed by atoms with Gasteiger partial charge in [-0.1, -0.05) is 0 Å². The van der Waals surface area contributed by atoms with Crippen LogP contribution in [0.3, 0.4) is 0 Å². The summed E-state index contributed by atoms with van der Waals surface area (Å²) in [5, 5.41) is 19.1. The van der Waals surface area contributed by atoms with E-state index in [0.717, 1.165) is 16.5 Å². The number of hydrogen-bond acceptors (Lipinski definition) is 5. The smallest absolute Gasteiger partial charge is 0.395 e. The number of carboxylic acid groups (broad SMARTS) is 1. The number of rotatable bonds is 4. The molecule has 2 rings (SSSR count). The van der Waals surface area contributed by atoms with E-state index in [4.69, 9.17) is 22.6 Å². The average molecular weight is 344 g/mol. The third kappa shape index (κ3) is 6.91. The SMILES string of the molecule is CC(=[NH+]CCc1c[nH]c2ccc(O)cc12)C(=O)O.O=S(=O)([O-])O. The van der Waals surface area contributed by atoms with Gasteiger partial charge < -0.3 is 19.7 Å². The van der Waals surface area contributed by atoms with Crippen molar-refractivity contribution >= 4 is 33.0 Å².